The number of ether oxygens (including phenoxy) is 1. The van der Waals surface area contributed by atoms with Crippen molar-refractivity contribution >= 4 is 11.9 Å². The summed E-state index contributed by atoms with van der Waals surface area (Å²) in [5, 5.41) is 3.46. The molecule has 1 unspecified atom stereocenters. The molecule has 1 N–H and O–H groups in total. The molecule has 0 radical (unpaired) electrons. The van der Waals surface area contributed by atoms with E-state index in [-0.39, 0.29) is 18.6 Å². The maximum atomic E-state index is 12.0. The molecular formula is C20H30N4O2. The number of carbonyl (C=O) groups is 1. The summed E-state index contributed by atoms with van der Waals surface area (Å²) in [5.41, 5.74) is 2.74. The van der Waals surface area contributed by atoms with Crippen LogP contribution in [0.1, 0.15) is 30.4 Å². The van der Waals surface area contributed by atoms with Gasteiger partial charge in [-0.25, -0.2) is 4.99 Å². The van der Waals surface area contributed by atoms with E-state index in [1.165, 1.54) is 17.5 Å². The summed E-state index contributed by atoms with van der Waals surface area (Å²) in [6.07, 6.45) is 4.68. The summed E-state index contributed by atoms with van der Waals surface area (Å²) in [7, 11) is 3.52. The Morgan fingerprint density at radius 3 is 2.85 bits per heavy atom. The van der Waals surface area contributed by atoms with Gasteiger partial charge in [0.1, 0.15) is 6.54 Å². The molecule has 2 aliphatic heterocycles. The molecule has 1 aromatic rings. The van der Waals surface area contributed by atoms with Gasteiger partial charge in [-0.2, -0.15) is 0 Å². The minimum absolute atomic E-state index is 0.00984. The quantitative estimate of drug-likeness (QED) is 0.657. The molecule has 3 rings (SSSR count). The second kappa shape index (κ2) is 9.03. The minimum Gasteiger partial charge on any atom is -0.376 e. The first-order valence-corrected chi connectivity index (χ1v) is 9.55. The fourth-order valence-electron chi connectivity index (χ4n) is 3.40. The van der Waals surface area contributed by atoms with E-state index in [0.29, 0.717) is 0 Å². The molecule has 2 heterocycles. The second-order valence-electron chi connectivity index (χ2n) is 7.24. The fourth-order valence-corrected chi connectivity index (χ4v) is 3.40. The lowest BCUT2D eigenvalue weighted by Gasteiger charge is -2.33. The Morgan fingerprint density at radius 1 is 1.31 bits per heavy atom. The van der Waals surface area contributed by atoms with Crippen molar-refractivity contribution < 1.29 is 9.53 Å². The summed E-state index contributed by atoms with van der Waals surface area (Å²) < 4.78 is 5.82. The van der Waals surface area contributed by atoms with Gasteiger partial charge in [-0.3, -0.25) is 4.79 Å². The van der Waals surface area contributed by atoms with Crippen LogP contribution in [0.4, 0.5) is 0 Å². The molecule has 1 aromatic carbocycles. The number of benzene rings is 1. The number of fused-ring (bicyclic) bond motifs is 1. The highest BCUT2D eigenvalue weighted by Crippen LogP contribution is 2.19. The van der Waals surface area contributed by atoms with Crippen LogP contribution in [0.5, 0.6) is 0 Å². The van der Waals surface area contributed by atoms with Crippen LogP contribution in [0.25, 0.3) is 0 Å². The summed E-state index contributed by atoms with van der Waals surface area (Å²) in [4.78, 5) is 20.4. The van der Waals surface area contributed by atoms with Crippen LogP contribution in [0.15, 0.2) is 29.3 Å². The number of carbonyl (C=O) groups excluding carboxylic acids is 1. The van der Waals surface area contributed by atoms with E-state index in [9.17, 15) is 4.79 Å². The van der Waals surface area contributed by atoms with Crippen molar-refractivity contribution in [3.05, 3.63) is 35.4 Å². The van der Waals surface area contributed by atoms with Gasteiger partial charge in [0.15, 0.2) is 5.96 Å². The molecule has 0 aromatic heterocycles. The highest BCUT2D eigenvalue weighted by molar-refractivity contribution is 5.85. The predicted octanol–water partition coefficient (Wildman–Crippen LogP) is 1.65. The van der Waals surface area contributed by atoms with Crippen LogP contribution in [0.2, 0.25) is 0 Å². The molecule has 1 amide bonds. The average molecular weight is 358 g/mol. The van der Waals surface area contributed by atoms with E-state index in [4.69, 9.17) is 4.74 Å². The average Bonchev–Trinajstić information content (AvgIpc) is 2.68. The standard InChI is InChI=1S/C20H30N4O2/c1-23(2)19(25)14-22-20(21-13-18-9-5-6-12-26-18)24-11-10-16-7-3-4-8-17(16)15-24/h3-4,7-8,18H,5-6,9-15H2,1-2H3,(H,21,22). The molecule has 26 heavy (non-hydrogen) atoms. The Morgan fingerprint density at radius 2 is 2.12 bits per heavy atom. The molecule has 0 bridgehead atoms. The lowest BCUT2D eigenvalue weighted by molar-refractivity contribution is -0.127. The van der Waals surface area contributed by atoms with Crippen molar-refractivity contribution in [3.63, 3.8) is 0 Å². The van der Waals surface area contributed by atoms with Crippen molar-refractivity contribution in [2.24, 2.45) is 4.99 Å². The molecule has 1 saturated heterocycles. The molecular weight excluding hydrogens is 328 g/mol. The number of amides is 1. The third-order valence-corrected chi connectivity index (χ3v) is 5.05. The normalized spacial score (nSPS) is 20.5. The van der Waals surface area contributed by atoms with E-state index in [0.717, 1.165) is 51.5 Å². The van der Waals surface area contributed by atoms with Crippen molar-refractivity contribution in [2.45, 2.75) is 38.3 Å². The van der Waals surface area contributed by atoms with Gasteiger partial charge < -0.3 is 19.9 Å². The topological polar surface area (TPSA) is 57.2 Å². The predicted molar refractivity (Wildman–Crippen MR) is 103 cm³/mol. The van der Waals surface area contributed by atoms with Gasteiger partial charge >= 0.3 is 0 Å². The third-order valence-electron chi connectivity index (χ3n) is 5.05. The van der Waals surface area contributed by atoms with Crippen molar-refractivity contribution in [1.29, 1.82) is 0 Å². The number of aliphatic imine (C=N–C) groups is 1. The van der Waals surface area contributed by atoms with Crippen LogP contribution >= 0.6 is 0 Å². The van der Waals surface area contributed by atoms with Gasteiger partial charge in [0.25, 0.3) is 0 Å². The van der Waals surface area contributed by atoms with Gasteiger partial charge in [-0.1, -0.05) is 24.3 Å². The minimum atomic E-state index is 0.00984. The monoisotopic (exact) mass is 358 g/mol. The Balaban J connectivity index is 1.67. The van der Waals surface area contributed by atoms with Crippen LogP contribution in [0.3, 0.4) is 0 Å². The maximum Gasteiger partial charge on any atom is 0.243 e. The summed E-state index contributed by atoms with van der Waals surface area (Å²) in [6.45, 7) is 3.48. The largest absolute Gasteiger partial charge is 0.376 e. The molecule has 142 valence electrons. The number of rotatable bonds is 4. The Bertz CT molecular complexity index is 638. The van der Waals surface area contributed by atoms with Crippen LogP contribution in [-0.4, -0.2) is 68.1 Å². The number of guanidine groups is 1. The van der Waals surface area contributed by atoms with E-state index >= 15 is 0 Å². The van der Waals surface area contributed by atoms with Gasteiger partial charge in [-0.15, -0.1) is 0 Å². The zero-order valence-electron chi connectivity index (χ0n) is 15.9. The molecule has 1 fully saturated rings. The van der Waals surface area contributed by atoms with Gasteiger partial charge in [0.2, 0.25) is 5.91 Å². The molecule has 0 saturated carbocycles. The zero-order valence-corrected chi connectivity index (χ0v) is 15.9. The highest BCUT2D eigenvalue weighted by Gasteiger charge is 2.21. The van der Waals surface area contributed by atoms with Gasteiger partial charge in [-0.05, 0) is 36.8 Å². The second-order valence-corrected chi connectivity index (χ2v) is 7.24. The lowest BCUT2D eigenvalue weighted by Crippen LogP contribution is -2.47. The molecule has 0 spiro atoms. The number of hydrogen-bond acceptors (Lipinski definition) is 3. The fraction of sp³-hybridized carbons (Fsp3) is 0.600. The number of nitrogens with zero attached hydrogens (tertiary/aromatic N) is 3. The first-order chi connectivity index (χ1) is 12.6. The van der Waals surface area contributed by atoms with E-state index in [2.05, 4.69) is 39.5 Å². The van der Waals surface area contributed by atoms with E-state index in [1.807, 2.05) is 0 Å². The Kier molecular flexibility index (Phi) is 6.50. The van der Waals surface area contributed by atoms with E-state index < -0.39 is 0 Å². The molecule has 6 heteroatoms. The maximum absolute atomic E-state index is 12.0. The van der Waals surface area contributed by atoms with Crippen molar-refractivity contribution in [1.82, 2.24) is 15.1 Å². The Hall–Kier alpha value is -2.08. The molecule has 2 aliphatic rings. The molecule has 6 nitrogen and oxygen atoms in total. The van der Waals surface area contributed by atoms with Crippen LogP contribution < -0.4 is 5.32 Å². The smallest absolute Gasteiger partial charge is 0.243 e. The lowest BCUT2D eigenvalue weighted by atomic mass is 10.0. The summed E-state index contributed by atoms with van der Waals surface area (Å²) in [6, 6.07) is 8.55. The summed E-state index contributed by atoms with van der Waals surface area (Å²) in [5.74, 6) is 0.819. The van der Waals surface area contributed by atoms with Crippen molar-refractivity contribution in [2.75, 3.05) is 40.3 Å². The molecule has 0 aliphatic carbocycles. The van der Waals surface area contributed by atoms with Crippen LogP contribution in [0, 0.1) is 0 Å². The summed E-state index contributed by atoms with van der Waals surface area (Å²) >= 11 is 0. The van der Waals surface area contributed by atoms with Crippen molar-refractivity contribution in [3.8, 4) is 0 Å². The molecule has 1 atom stereocenters. The van der Waals surface area contributed by atoms with Crippen LogP contribution in [-0.2, 0) is 22.5 Å². The first-order valence-electron chi connectivity index (χ1n) is 9.55. The van der Waals surface area contributed by atoms with Gasteiger partial charge in [0.05, 0.1) is 6.10 Å². The zero-order chi connectivity index (χ0) is 18.4. The first kappa shape index (κ1) is 18.7. The van der Waals surface area contributed by atoms with E-state index in [1.54, 1.807) is 19.0 Å². The number of likely N-dealkylation sites (N-methyl/N-ethyl adjacent to an activating group) is 1. The number of hydrogen-bond donors (Lipinski definition) is 1. The van der Waals surface area contributed by atoms with Gasteiger partial charge in [0, 0.05) is 40.3 Å². The third kappa shape index (κ3) is 4.97. The SMILES string of the molecule is CN(C)C(=O)CN=C(NCC1CCCCO1)N1CCc2ccccc2C1. The number of nitrogens with one attached hydrogen (secondary N) is 1. The Labute approximate surface area is 156 Å². The highest BCUT2D eigenvalue weighted by atomic mass is 16.5.